The fraction of sp³-hybridized carbons (Fsp3) is 0.333. The van der Waals surface area contributed by atoms with Crippen LogP contribution in [0.5, 0.6) is 0 Å². The number of fused-ring (bicyclic) bond motifs is 1. The van der Waals surface area contributed by atoms with Gasteiger partial charge in [0.15, 0.2) is 0 Å². The van der Waals surface area contributed by atoms with Crippen LogP contribution in [0.25, 0.3) is 10.9 Å². The molecule has 4 rings (SSSR count). The number of nitrogens with zero attached hydrogens (tertiary/aromatic N) is 2. The quantitative estimate of drug-likeness (QED) is 0.745. The second-order valence-corrected chi connectivity index (χ2v) is 7.25. The fourth-order valence-corrected chi connectivity index (χ4v) is 3.86. The second kappa shape index (κ2) is 7.48. The molecule has 5 nitrogen and oxygen atoms in total. The molecule has 0 spiro atoms. The van der Waals surface area contributed by atoms with E-state index in [-0.39, 0.29) is 11.7 Å². The van der Waals surface area contributed by atoms with E-state index in [0.29, 0.717) is 25.4 Å². The Kier molecular flexibility index (Phi) is 4.90. The average molecular weight is 366 g/mol. The van der Waals surface area contributed by atoms with Crippen LogP contribution in [0.15, 0.2) is 48.7 Å². The summed E-state index contributed by atoms with van der Waals surface area (Å²) in [5.41, 5.74) is 9.35. The highest BCUT2D eigenvalue weighted by atomic mass is 19.1. The van der Waals surface area contributed by atoms with Crippen molar-refractivity contribution in [3.05, 3.63) is 65.6 Å². The van der Waals surface area contributed by atoms with Crippen LogP contribution in [0.4, 0.5) is 4.39 Å². The summed E-state index contributed by atoms with van der Waals surface area (Å²) in [5.74, 6) is 0.153. The summed E-state index contributed by atoms with van der Waals surface area (Å²) in [6.07, 6.45) is 4.04. The molecule has 3 N–H and O–H groups in total. The average Bonchev–Trinajstić information content (AvgIpc) is 3.16. The van der Waals surface area contributed by atoms with Crippen molar-refractivity contribution < 1.29 is 9.18 Å². The number of amides is 1. The summed E-state index contributed by atoms with van der Waals surface area (Å²) in [4.78, 5) is 14.6. The lowest BCUT2D eigenvalue weighted by Crippen LogP contribution is -2.47. The van der Waals surface area contributed by atoms with E-state index in [4.69, 9.17) is 5.73 Å². The van der Waals surface area contributed by atoms with Crippen LogP contribution < -0.4 is 5.73 Å². The first-order valence-electron chi connectivity index (χ1n) is 9.32. The van der Waals surface area contributed by atoms with E-state index in [1.165, 1.54) is 12.1 Å². The zero-order valence-electron chi connectivity index (χ0n) is 15.1. The van der Waals surface area contributed by atoms with Crippen LogP contribution >= 0.6 is 0 Å². The van der Waals surface area contributed by atoms with Gasteiger partial charge in [0.2, 0.25) is 5.91 Å². The van der Waals surface area contributed by atoms with E-state index in [0.717, 1.165) is 34.9 Å². The molecule has 27 heavy (non-hydrogen) atoms. The van der Waals surface area contributed by atoms with Gasteiger partial charge in [0.1, 0.15) is 5.82 Å². The maximum atomic E-state index is 13.1. The lowest BCUT2D eigenvalue weighted by Gasteiger charge is -2.33. The van der Waals surface area contributed by atoms with Gasteiger partial charge in [0.05, 0.1) is 17.8 Å². The Hall–Kier alpha value is -2.73. The van der Waals surface area contributed by atoms with Crippen molar-refractivity contribution in [1.29, 1.82) is 0 Å². The molecule has 1 saturated heterocycles. The monoisotopic (exact) mass is 366 g/mol. The largest absolute Gasteiger partial charge is 0.341 e. The van der Waals surface area contributed by atoms with Gasteiger partial charge < -0.3 is 10.6 Å². The van der Waals surface area contributed by atoms with Crippen LogP contribution in [-0.2, 0) is 11.2 Å². The number of nitrogens with two attached hydrogens (primary N) is 1. The lowest BCUT2D eigenvalue weighted by molar-refractivity contribution is -0.133. The van der Waals surface area contributed by atoms with Gasteiger partial charge in [-0.05, 0) is 60.6 Å². The third kappa shape index (κ3) is 3.85. The van der Waals surface area contributed by atoms with Crippen LogP contribution in [0.3, 0.4) is 0 Å². The van der Waals surface area contributed by atoms with Crippen molar-refractivity contribution in [2.24, 2.45) is 5.73 Å². The van der Waals surface area contributed by atoms with E-state index in [2.05, 4.69) is 10.2 Å². The zero-order valence-corrected chi connectivity index (χ0v) is 15.1. The van der Waals surface area contributed by atoms with E-state index in [1.807, 2.05) is 35.2 Å². The van der Waals surface area contributed by atoms with Crippen molar-refractivity contribution in [3.8, 4) is 0 Å². The summed E-state index contributed by atoms with van der Waals surface area (Å²) in [6, 6.07) is 12.1. The molecule has 1 fully saturated rings. The molecule has 2 aromatic carbocycles. The maximum absolute atomic E-state index is 13.1. The van der Waals surface area contributed by atoms with Gasteiger partial charge in [-0.3, -0.25) is 9.89 Å². The molecule has 0 bridgehead atoms. The number of carbonyl (C=O) groups excluding carboxylic acids is 1. The Bertz CT molecular complexity index is 929. The standard InChI is InChI=1S/C21H23FN4O/c22-18-4-2-15(3-5-18)16-7-9-26(10-8-16)21(27)19(23)12-14-1-6-20-17(11-14)13-24-25-20/h1-6,11,13,16,19H,7-10,12,23H2,(H,24,25). The van der Waals surface area contributed by atoms with E-state index in [1.54, 1.807) is 6.20 Å². The normalized spacial score (nSPS) is 16.6. The first-order valence-corrected chi connectivity index (χ1v) is 9.32. The molecule has 1 atom stereocenters. The molecule has 2 heterocycles. The number of likely N-dealkylation sites (tertiary alicyclic amines) is 1. The third-order valence-electron chi connectivity index (χ3n) is 5.43. The summed E-state index contributed by atoms with van der Waals surface area (Å²) in [7, 11) is 0. The highest BCUT2D eigenvalue weighted by Gasteiger charge is 2.27. The highest BCUT2D eigenvalue weighted by Crippen LogP contribution is 2.28. The minimum absolute atomic E-state index is 0.000142. The Labute approximate surface area is 157 Å². The predicted molar refractivity (Wildman–Crippen MR) is 103 cm³/mol. The lowest BCUT2D eigenvalue weighted by atomic mass is 9.89. The molecule has 1 unspecified atom stereocenters. The van der Waals surface area contributed by atoms with Crippen molar-refractivity contribution >= 4 is 16.8 Å². The van der Waals surface area contributed by atoms with Crippen molar-refractivity contribution in [2.45, 2.75) is 31.2 Å². The predicted octanol–water partition coefficient (Wildman–Crippen LogP) is 2.98. The molecular weight excluding hydrogens is 343 g/mol. The number of piperidine rings is 1. The summed E-state index contributed by atoms with van der Waals surface area (Å²) >= 11 is 0. The van der Waals surface area contributed by atoms with Gasteiger partial charge in [-0.2, -0.15) is 5.10 Å². The van der Waals surface area contributed by atoms with Gasteiger partial charge in [-0.15, -0.1) is 0 Å². The smallest absolute Gasteiger partial charge is 0.239 e. The fourth-order valence-electron chi connectivity index (χ4n) is 3.86. The van der Waals surface area contributed by atoms with Crippen molar-refractivity contribution in [3.63, 3.8) is 0 Å². The number of H-pyrrole nitrogens is 1. The number of halogens is 1. The van der Waals surface area contributed by atoms with Gasteiger partial charge in [-0.1, -0.05) is 18.2 Å². The van der Waals surface area contributed by atoms with Crippen molar-refractivity contribution in [1.82, 2.24) is 15.1 Å². The number of benzene rings is 2. The Morgan fingerprint density at radius 3 is 2.70 bits per heavy atom. The number of hydrogen-bond acceptors (Lipinski definition) is 3. The maximum Gasteiger partial charge on any atom is 0.239 e. The molecule has 0 aliphatic carbocycles. The highest BCUT2D eigenvalue weighted by molar-refractivity contribution is 5.83. The number of carbonyl (C=O) groups is 1. The molecule has 140 valence electrons. The number of aromatic nitrogens is 2. The first kappa shape index (κ1) is 17.7. The molecule has 1 amide bonds. The third-order valence-corrected chi connectivity index (χ3v) is 5.43. The van der Waals surface area contributed by atoms with Crippen LogP contribution in [-0.4, -0.2) is 40.1 Å². The van der Waals surface area contributed by atoms with Gasteiger partial charge in [0, 0.05) is 18.5 Å². The molecular formula is C21H23FN4O. The second-order valence-electron chi connectivity index (χ2n) is 7.25. The van der Waals surface area contributed by atoms with Crippen LogP contribution in [0, 0.1) is 5.82 Å². The zero-order chi connectivity index (χ0) is 18.8. The number of rotatable bonds is 4. The molecule has 0 saturated carbocycles. The molecule has 3 aromatic rings. The molecule has 6 heteroatoms. The first-order chi connectivity index (χ1) is 13.1. The van der Waals surface area contributed by atoms with Gasteiger partial charge in [-0.25, -0.2) is 4.39 Å². The Morgan fingerprint density at radius 1 is 1.22 bits per heavy atom. The minimum atomic E-state index is -0.545. The molecule has 1 aromatic heterocycles. The summed E-state index contributed by atoms with van der Waals surface area (Å²) in [6.45, 7) is 1.38. The van der Waals surface area contributed by atoms with Crippen molar-refractivity contribution in [2.75, 3.05) is 13.1 Å². The topological polar surface area (TPSA) is 75.0 Å². The number of hydrogen-bond donors (Lipinski definition) is 2. The SMILES string of the molecule is NC(Cc1ccc2[nH]ncc2c1)C(=O)N1CCC(c2ccc(F)cc2)CC1. The van der Waals surface area contributed by atoms with Crippen LogP contribution in [0.2, 0.25) is 0 Å². The van der Waals surface area contributed by atoms with E-state index >= 15 is 0 Å². The Balaban J connectivity index is 1.34. The van der Waals surface area contributed by atoms with Gasteiger partial charge >= 0.3 is 0 Å². The molecule has 0 radical (unpaired) electrons. The van der Waals surface area contributed by atoms with Crippen LogP contribution in [0.1, 0.15) is 29.9 Å². The minimum Gasteiger partial charge on any atom is -0.341 e. The summed E-state index contributed by atoms with van der Waals surface area (Å²) < 4.78 is 13.1. The number of nitrogens with one attached hydrogen (secondary N) is 1. The van der Waals surface area contributed by atoms with Gasteiger partial charge in [0.25, 0.3) is 0 Å². The Morgan fingerprint density at radius 2 is 1.96 bits per heavy atom. The molecule has 1 aliphatic rings. The molecule has 1 aliphatic heterocycles. The summed E-state index contributed by atoms with van der Waals surface area (Å²) in [5, 5.41) is 7.95. The van der Waals surface area contributed by atoms with E-state index in [9.17, 15) is 9.18 Å². The van der Waals surface area contributed by atoms with E-state index < -0.39 is 6.04 Å². The number of aromatic amines is 1.